The summed E-state index contributed by atoms with van der Waals surface area (Å²) in [5.74, 6) is -0.378. The maximum atomic E-state index is 13.3. The van der Waals surface area contributed by atoms with Gasteiger partial charge in [0.2, 0.25) is 0 Å². The summed E-state index contributed by atoms with van der Waals surface area (Å²) >= 11 is 0. The minimum absolute atomic E-state index is 0.113. The number of nitrogens with zero attached hydrogens (tertiary/aromatic N) is 4. The summed E-state index contributed by atoms with van der Waals surface area (Å²) in [4.78, 5) is 28.2. The first-order chi connectivity index (χ1) is 14.0. The molecule has 1 amide bonds. The number of rotatable bonds is 3. The maximum absolute atomic E-state index is 13.3. The van der Waals surface area contributed by atoms with Crippen molar-refractivity contribution >= 4 is 5.91 Å². The van der Waals surface area contributed by atoms with E-state index >= 15 is 0 Å². The third kappa shape index (κ3) is 4.16. The van der Waals surface area contributed by atoms with Crippen LogP contribution in [0.2, 0.25) is 0 Å². The Bertz CT molecular complexity index is 1020. The van der Waals surface area contributed by atoms with Crippen LogP contribution < -0.4 is 0 Å². The van der Waals surface area contributed by atoms with Crippen LogP contribution in [0.15, 0.2) is 48.8 Å². The molecule has 0 bridgehead atoms. The monoisotopic (exact) mass is 390 g/mol. The van der Waals surface area contributed by atoms with Gasteiger partial charge in [0.15, 0.2) is 0 Å². The van der Waals surface area contributed by atoms with Gasteiger partial charge in [-0.15, -0.1) is 0 Å². The minimum Gasteiger partial charge on any atom is -0.329 e. The molecule has 0 aliphatic carbocycles. The number of halogens is 1. The van der Waals surface area contributed by atoms with Crippen molar-refractivity contribution in [2.75, 3.05) is 6.54 Å². The molecule has 0 unspecified atom stereocenters. The van der Waals surface area contributed by atoms with Gasteiger partial charge in [0, 0.05) is 18.4 Å². The van der Waals surface area contributed by atoms with E-state index < -0.39 is 0 Å². The zero-order valence-corrected chi connectivity index (χ0v) is 16.6. The molecule has 1 aliphatic heterocycles. The summed E-state index contributed by atoms with van der Waals surface area (Å²) in [6.45, 7) is 4.45. The zero-order chi connectivity index (χ0) is 20.4. The van der Waals surface area contributed by atoms with Crippen molar-refractivity contribution in [1.82, 2.24) is 19.9 Å². The molecule has 6 heteroatoms. The van der Waals surface area contributed by atoms with Crippen molar-refractivity contribution < 1.29 is 9.18 Å². The van der Waals surface area contributed by atoms with E-state index in [1.807, 2.05) is 30.9 Å². The standard InChI is InChI=1S/C23H23FN4O/c1-15-11-18(17-6-8-19(24)9-7-17)12-20(27-15)22-5-3-4-10-28(22)23(29)21-14-25-16(2)13-26-21/h6-9,11-14,22H,3-5,10H2,1-2H3/t22-/m1/s1. The molecule has 4 rings (SSSR count). The van der Waals surface area contributed by atoms with Crippen LogP contribution in [-0.2, 0) is 0 Å². The van der Waals surface area contributed by atoms with Gasteiger partial charge < -0.3 is 4.90 Å². The Labute approximate surface area is 169 Å². The van der Waals surface area contributed by atoms with Crippen LogP contribution in [0.4, 0.5) is 4.39 Å². The highest BCUT2D eigenvalue weighted by Crippen LogP contribution is 2.33. The first-order valence-corrected chi connectivity index (χ1v) is 9.85. The van der Waals surface area contributed by atoms with E-state index in [1.54, 1.807) is 18.3 Å². The predicted molar refractivity (Wildman–Crippen MR) is 109 cm³/mol. The molecule has 1 saturated heterocycles. The number of piperidine rings is 1. The predicted octanol–water partition coefficient (Wildman–Crippen LogP) is 4.66. The lowest BCUT2D eigenvalue weighted by atomic mass is 9.95. The molecule has 5 nitrogen and oxygen atoms in total. The fourth-order valence-corrected chi connectivity index (χ4v) is 3.81. The van der Waals surface area contributed by atoms with Gasteiger partial charge in [-0.25, -0.2) is 9.37 Å². The van der Waals surface area contributed by atoms with Crippen LogP contribution in [0.3, 0.4) is 0 Å². The number of carbonyl (C=O) groups is 1. The van der Waals surface area contributed by atoms with E-state index in [4.69, 9.17) is 4.98 Å². The van der Waals surface area contributed by atoms with Crippen molar-refractivity contribution in [2.45, 2.75) is 39.2 Å². The summed E-state index contributed by atoms with van der Waals surface area (Å²) < 4.78 is 13.3. The molecule has 1 aromatic carbocycles. The first-order valence-electron chi connectivity index (χ1n) is 9.85. The lowest BCUT2D eigenvalue weighted by Gasteiger charge is -2.35. The van der Waals surface area contributed by atoms with E-state index in [1.165, 1.54) is 18.3 Å². The van der Waals surface area contributed by atoms with E-state index in [0.717, 1.165) is 47.5 Å². The number of benzene rings is 1. The fourth-order valence-electron chi connectivity index (χ4n) is 3.81. The lowest BCUT2D eigenvalue weighted by molar-refractivity contribution is 0.0599. The van der Waals surface area contributed by atoms with Crippen molar-refractivity contribution in [3.05, 3.63) is 77.4 Å². The van der Waals surface area contributed by atoms with Gasteiger partial charge in [-0.2, -0.15) is 0 Å². The van der Waals surface area contributed by atoms with E-state index in [0.29, 0.717) is 12.2 Å². The van der Waals surface area contributed by atoms with E-state index in [-0.39, 0.29) is 17.8 Å². The molecule has 3 heterocycles. The number of amides is 1. The molecule has 0 radical (unpaired) electrons. The first kappa shape index (κ1) is 19.2. The third-order valence-corrected chi connectivity index (χ3v) is 5.26. The molecule has 148 valence electrons. The van der Waals surface area contributed by atoms with Crippen LogP contribution in [0.25, 0.3) is 11.1 Å². The molecule has 1 atom stereocenters. The SMILES string of the molecule is Cc1cnc(C(=O)N2CCCC[C@@H]2c2cc(-c3ccc(F)cc3)cc(C)n2)cn1. The zero-order valence-electron chi connectivity index (χ0n) is 16.6. The minimum atomic E-state index is -0.261. The van der Waals surface area contributed by atoms with Crippen LogP contribution in [-0.4, -0.2) is 32.3 Å². The van der Waals surface area contributed by atoms with Gasteiger partial charge in [-0.1, -0.05) is 12.1 Å². The number of aryl methyl sites for hydroxylation is 2. The molecule has 0 spiro atoms. The second-order valence-corrected chi connectivity index (χ2v) is 7.48. The average Bonchev–Trinajstić information content (AvgIpc) is 2.74. The van der Waals surface area contributed by atoms with Crippen LogP contribution in [0.5, 0.6) is 0 Å². The second kappa shape index (κ2) is 8.07. The van der Waals surface area contributed by atoms with Crippen LogP contribution in [0.1, 0.15) is 52.9 Å². The van der Waals surface area contributed by atoms with Crippen molar-refractivity contribution in [3.63, 3.8) is 0 Å². The lowest BCUT2D eigenvalue weighted by Crippen LogP contribution is -2.39. The molecule has 1 aliphatic rings. The Balaban J connectivity index is 1.68. The maximum Gasteiger partial charge on any atom is 0.274 e. The Hall–Kier alpha value is -3.15. The summed E-state index contributed by atoms with van der Waals surface area (Å²) in [6, 6.07) is 10.3. The van der Waals surface area contributed by atoms with Crippen LogP contribution in [0, 0.1) is 19.7 Å². The van der Waals surface area contributed by atoms with E-state index in [9.17, 15) is 9.18 Å². The number of likely N-dealkylation sites (tertiary alicyclic amines) is 1. The van der Waals surface area contributed by atoms with Gasteiger partial charge in [0.25, 0.3) is 5.91 Å². The fraction of sp³-hybridized carbons (Fsp3) is 0.304. The van der Waals surface area contributed by atoms with Gasteiger partial charge in [0.1, 0.15) is 11.5 Å². The van der Waals surface area contributed by atoms with Gasteiger partial charge in [-0.05, 0) is 68.5 Å². The molecule has 2 aromatic heterocycles. The highest BCUT2D eigenvalue weighted by atomic mass is 19.1. The molecular formula is C23H23FN4O. The smallest absolute Gasteiger partial charge is 0.274 e. The third-order valence-electron chi connectivity index (χ3n) is 5.26. The molecule has 3 aromatic rings. The highest BCUT2D eigenvalue weighted by Gasteiger charge is 2.30. The van der Waals surface area contributed by atoms with Gasteiger partial charge in [0.05, 0.1) is 23.6 Å². The summed E-state index contributed by atoms with van der Waals surface area (Å²) in [5, 5.41) is 0. The number of carbonyl (C=O) groups excluding carboxylic acids is 1. The molecular weight excluding hydrogens is 367 g/mol. The van der Waals surface area contributed by atoms with Crippen LogP contribution >= 0.6 is 0 Å². The molecule has 1 fully saturated rings. The largest absolute Gasteiger partial charge is 0.329 e. The average molecular weight is 390 g/mol. The van der Waals surface area contributed by atoms with Crippen molar-refractivity contribution in [3.8, 4) is 11.1 Å². The normalized spacial score (nSPS) is 16.7. The van der Waals surface area contributed by atoms with Crippen molar-refractivity contribution in [2.24, 2.45) is 0 Å². The number of hydrogen-bond acceptors (Lipinski definition) is 4. The Kier molecular flexibility index (Phi) is 5.34. The Morgan fingerprint density at radius 1 is 1.00 bits per heavy atom. The highest BCUT2D eigenvalue weighted by molar-refractivity contribution is 5.92. The van der Waals surface area contributed by atoms with Gasteiger partial charge in [-0.3, -0.25) is 14.8 Å². The van der Waals surface area contributed by atoms with Crippen molar-refractivity contribution in [1.29, 1.82) is 0 Å². The number of pyridine rings is 1. The summed E-state index contributed by atoms with van der Waals surface area (Å²) in [7, 11) is 0. The van der Waals surface area contributed by atoms with Gasteiger partial charge >= 0.3 is 0 Å². The Morgan fingerprint density at radius 3 is 2.52 bits per heavy atom. The summed E-state index contributed by atoms with van der Waals surface area (Å²) in [6.07, 6.45) is 6.00. The molecule has 0 saturated carbocycles. The Morgan fingerprint density at radius 2 is 1.79 bits per heavy atom. The second-order valence-electron chi connectivity index (χ2n) is 7.48. The van der Waals surface area contributed by atoms with E-state index in [2.05, 4.69) is 9.97 Å². The topological polar surface area (TPSA) is 59.0 Å². The number of hydrogen-bond donors (Lipinski definition) is 0. The number of aromatic nitrogens is 3. The molecule has 0 N–H and O–H groups in total. The quantitative estimate of drug-likeness (QED) is 0.652. The summed E-state index contributed by atoms with van der Waals surface area (Å²) in [5.41, 5.74) is 4.76. The molecule has 29 heavy (non-hydrogen) atoms.